The number of alkyl carbamates (subject to hydrolysis) is 1. The molecule has 1 aromatic rings. The van der Waals surface area contributed by atoms with Gasteiger partial charge in [0.1, 0.15) is 10.5 Å². The number of ether oxygens (including phenoxy) is 1. The van der Waals surface area contributed by atoms with Gasteiger partial charge in [0.25, 0.3) is 0 Å². The summed E-state index contributed by atoms with van der Waals surface area (Å²) in [5.41, 5.74) is 7.15. The number of rotatable bonds is 5. The molecule has 1 aromatic carbocycles. The minimum absolute atomic E-state index is 0.0357. The fraction of sp³-hybridized carbons (Fsp3) is 0.533. The van der Waals surface area contributed by atoms with Crippen molar-refractivity contribution >= 4 is 21.8 Å². The second-order valence-electron chi connectivity index (χ2n) is 6.30. The van der Waals surface area contributed by atoms with Gasteiger partial charge in [-0.1, -0.05) is 0 Å². The molecule has 0 spiro atoms. The third kappa shape index (κ3) is 6.07. The molecule has 0 heterocycles. The Morgan fingerprint density at radius 2 is 1.74 bits per heavy atom. The maximum absolute atomic E-state index is 12.3. The summed E-state index contributed by atoms with van der Waals surface area (Å²) in [6, 6.07) is 3.16. The highest BCUT2D eigenvalue weighted by molar-refractivity contribution is 7.89. The maximum atomic E-state index is 12.3. The molecule has 130 valence electrons. The van der Waals surface area contributed by atoms with Crippen molar-refractivity contribution in [1.29, 1.82) is 0 Å². The molecule has 1 amide bonds. The third-order valence-electron chi connectivity index (χ3n) is 3.00. The van der Waals surface area contributed by atoms with Gasteiger partial charge in [-0.25, -0.2) is 17.9 Å². The Labute approximate surface area is 137 Å². The number of sulfonamides is 1. The van der Waals surface area contributed by atoms with Gasteiger partial charge in [0.05, 0.1) is 5.69 Å². The normalized spacial score (nSPS) is 12.0. The number of amides is 1. The molecule has 0 saturated carbocycles. The number of aryl methyl sites for hydroxylation is 2. The van der Waals surface area contributed by atoms with Crippen LogP contribution in [0.4, 0.5) is 10.5 Å². The SMILES string of the molecule is Cc1cc(N)c(S(=O)(=O)NCCNC(=O)OC(C)(C)C)cc1C. The molecule has 23 heavy (non-hydrogen) atoms. The van der Waals surface area contributed by atoms with E-state index in [0.29, 0.717) is 0 Å². The average molecular weight is 343 g/mol. The van der Waals surface area contributed by atoms with Crippen molar-refractivity contribution in [1.82, 2.24) is 10.0 Å². The highest BCUT2D eigenvalue weighted by Crippen LogP contribution is 2.22. The highest BCUT2D eigenvalue weighted by Gasteiger charge is 2.19. The quantitative estimate of drug-likeness (QED) is 0.556. The number of carbonyl (C=O) groups excluding carboxylic acids is 1. The Kier molecular flexibility index (Phi) is 6.01. The summed E-state index contributed by atoms with van der Waals surface area (Å²) in [5, 5.41) is 2.48. The van der Waals surface area contributed by atoms with Crippen LogP contribution in [0.2, 0.25) is 0 Å². The fourth-order valence-electron chi connectivity index (χ4n) is 1.79. The van der Waals surface area contributed by atoms with Crippen LogP contribution < -0.4 is 15.8 Å². The molecule has 0 aromatic heterocycles. The average Bonchev–Trinajstić information content (AvgIpc) is 2.37. The van der Waals surface area contributed by atoms with Crippen LogP contribution in [0.1, 0.15) is 31.9 Å². The number of carbonyl (C=O) groups is 1. The van der Waals surface area contributed by atoms with Crippen molar-refractivity contribution < 1.29 is 17.9 Å². The van der Waals surface area contributed by atoms with E-state index < -0.39 is 21.7 Å². The topological polar surface area (TPSA) is 111 Å². The van der Waals surface area contributed by atoms with Crippen molar-refractivity contribution in [3.8, 4) is 0 Å². The summed E-state index contributed by atoms with van der Waals surface area (Å²) >= 11 is 0. The summed E-state index contributed by atoms with van der Waals surface area (Å²) in [6.45, 7) is 9.07. The molecule has 0 aliphatic rings. The summed E-state index contributed by atoms with van der Waals surface area (Å²) in [4.78, 5) is 11.5. The minimum atomic E-state index is -3.73. The first-order chi connectivity index (χ1) is 10.4. The van der Waals surface area contributed by atoms with Gasteiger partial charge in [-0.05, 0) is 57.9 Å². The summed E-state index contributed by atoms with van der Waals surface area (Å²) < 4.78 is 32.0. The van der Waals surface area contributed by atoms with Gasteiger partial charge in [-0.15, -0.1) is 0 Å². The van der Waals surface area contributed by atoms with E-state index in [2.05, 4.69) is 10.0 Å². The largest absolute Gasteiger partial charge is 0.444 e. The molecular weight excluding hydrogens is 318 g/mol. The van der Waals surface area contributed by atoms with E-state index in [1.807, 2.05) is 13.8 Å². The smallest absolute Gasteiger partial charge is 0.407 e. The van der Waals surface area contributed by atoms with Crippen LogP contribution in [-0.4, -0.2) is 33.2 Å². The van der Waals surface area contributed by atoms with Crippen molar-refractivity contribution in [3.63, 3.8) is 0 Å². The summed E-state index contributed by atoms with van der Waals surface area (Å²) in [5.74, 6) is 0. The number of benzene rings is 1. The van der Waals surface area contributed by atoms with Crippen molar-refractivity contribution in [2.24, 2.45) is 0 Å². The molecule has 0 bridgehead atoms. The fourth-order valence-corrected chi connectivity index (χ4v) is 3.01. The molecule has 0 fully saturated rings. The van der Waals surface area contributed by atoms with Crippen LogP contribution in [-0.2, 0) is 14.8 Å². The second-order valence-corrected chi connectivity index (χ2v) is 8.04. The standard InChI is InChI=1S/C15H25N3O4S/c1-10-8-12(16)13(9-11(10)2)23(20,21)18-7-6-17-14(19)22-15(3,4)5/h8-9,18H,6-7,16H2,1-5H3,(H,17,19). The Bertz CT molecular complexity index is 679. The van der Waals surface area contributed by atoms with Crippen LogP contribution in [0.25, 0.3) is 0 Å². The van der Waals surface area contributed by atoms with E-state index in [4.69, 9.17) is 10.5 Å². The molecule has 0 saturated heterocycles. The third-order valence-corrected chi connectivity index (χ3v) is 4.52. The Hall–Kier alpha value is -1.80. The number of nitrogens with one attached hydrogen (secondary N) is 2. The van der Waals surface area contributed by atoms with Crippen LogP contribution in [0.3, 0.4) is 0 Å². The highest BCUT2D eigenvalue weighted by atomic mass is 32.2. The van der Waals surface area contributed by atoms with Gasteiger partial charge >= 0.3 is 6.09 Å². The predicted molar refractivity (Wildman–Crippen MR) is 89.8 cm³/mol. The molecule has 8 heteroatoms. The Morgan fingerprint density at radius 3 is 2.30 bits per heavy atom. The monoisotopic (exact) mass is 343 g/mol. The van der Waals surface area contributed by atoms with Gasteiger partial charge in [0, 0.05) is 13.1 Å². The maximum Gasteiger partial charge on any atom is 0.407 e. The lowest BCUT2D eigenvalue weighted by Gasteiger charge is -2.19. The molecule has 0 unspecified atom stereocenters. The minimum Gasteiger partial charge on any atom is -0.444 e. The molecule has 7 nitrogen and oxygen atoms in total. The first-order valence-corrected chi connectivity index (χ1v) is 8.74. The van der Waals surface area contributed by atoms with Crippen molar-refractivity contribution in [3.05, 3.63) is 23.3 Å². The number of hydrogen-bond acceptors (Lipinski definition) is 5. The van der Waals surface area contributed by atoms with E-state index >= 15 is 0 Å². The lowest BCUT2D eigenvalue weighted by molar-refractivity contribution is 0.0529. The van der Waals surface area contributed by atoms with Gasteiger partial charge in [0.15, 0.2) is 0 Å². The molecule has 4 N–H and O–H groups in total. The van der Waals surface area contributed by atoms with E-state index in [0.717, 1.165) is 11.1 Å². The van der Waals surface area contributed by atoms with Crippen LogP contribution in [0.15, 0.2) is 17.0 Å². The van der Waals surface area contributed by atoms with Crippen LogP contribution in [0.5, 0.6) is 0 Å². The van der Waals surface area contributed by atoms with E-state index in [-0.39, 0.29) is 23.7 Å². The molecular formula is C15H25N3O4S. The van der Waals surface area contributed by atoms with Gasteiger partial charge < -0.3 is 15.8 Å². The van der Waals surface area contributed by atoms with Crippen molar-refractivity contribution in [2.75, 3.05) is 18.8 Å². The number of nitrogens with two attached hydrogens (primary N) is 1. The van der Waals surface area contributed by atoms with Gasteiger partial charge in [-0.2, -0.15) is 0 Å². The molecule has 0 aliphatic heterocycles. The van der Waals surface area contributed by atoms with Crippen LogP contribution in [0, 0.1) is 13.8 Å². The Morgan fingerprint density at radius 1 is 1.17 bits per heavy atom. The predicted octanol–water partition coefficient (Wildman–Crippen LogP) is 1.69. The lowest BCUT2D eigenvalue weighted by atomic mass is 10.1. The Balaban J connectivity index is 2.61. The van der Waals surface area contributed by atoms with E-state index in [1.54, 1.807) is 26.8 Å². The first kappa shape index (κ1) is 19.2. The number of anilines is 1. The second kappa shape index (κ2) is 7.18. The first-order valence-electron chi connectivity index (χ1n) is 7.25. The zero-order valence-electron chi connectivity index (χ0n) is 14.2. The van der Waals surface area contributed by atoms with E-state index in [9.17, 15) is 13.2 Å². The van der Waals surface area contributed by atoms with Crippen molar-refractivity contribution in [2.45, 2.75) is 45.1 Å². The van der Waals surface area contributed by atoms with Crippen LogP contribution >= 0.6 is 0 Å². The summed E-state index contributed by atoms with van der Waals surface area (Å²) in [6.07, 6.45) is -0.595. The molecule has 1 rings (SSSR count). The molecule has 0 aliphatic carbocycles. The molecule has 0 radical (unpaired) electrons. The molecule has 0 atom stereocenters. The zero-order chi connectivity index (χ0) is 17.8. The lowest BCUT2D eigenvalue weighted by Crippen LogP contribution is -2.38. The van der Waals surface area contributed by atoms with Gasteiger partial charge in [-0.3, -0.25) is 0 Å². The number of nitrogen functional groups attached to an aromatic ring is 1. The van der Waals surface area contributed by atoms with Gasteiger partial charge in [0.2, 0.25) is 10.0 Å². The zero-order valence-corrected chi connectivity index (χ0v) is 15.0. The number of hydrogen-bond donors (Lipinski definition) is 3. The van der Waals surface area contributed by atoms with E-state index in [1.165, 1.54) is 6.07 Å². The summed E-state index contributed by atoms with van der Waals surface area (Å²) in [7, 11) is -3.73.